The molecule has 0 aliphatic heterocycles. The number of nitrogens with zero attached hydrogens (tertiary/aromatic N) is 2. The van der Waals surface area contributed by atoms with E-state index in [0.29, 0.717) is 19.2 Å². The molecule has 0 radical (unpaired) electrons. The third kappa shape index (κ3) is 7.10. The summed E-state index contributed by atoms with van der Waals surface area (Å²) in [5.74, 6) is -2.32. The monoisotopic (exact) mass is 313 g/mol. The van der Waals surface area contributed by atoms with Gasteiger partial charge in [-0.05, 0) is 19.3 Å². The molecule has 8 nitrogen and oxygen atoms in total. The number of Topliss-reactive ketones (excluding diaryl/α,β-unsaturated/α-hetero) is 1. The number of nitrogens with one attached hydrogen (secondary N) is 1. The summed E-state index contributed by atoms with van der Waals surface area (Å²) in [6.07, 6.45) is 0.436. The van der Waals surface area contributed by atoms with Gasteiger partial charge in [-0.15, -0.1) is 0 Å². The van der Waals surface area contributed by atoms with Gasteiger partial charge in [-0.25, -0.2) is 4.79 Å². The van der Waals surface area contributed by atoms with Crippen LogP contribution in [-0.4, -0.2) is 52.5 Å². The van der Waals surface area contributed by atoms with Gasteiger partial charge in [0, 0.05) is 13.0 Å². The van der Waals surface area contributed by atoms with Crippen molar-refractivity contribution in [1.82, 2.24) is 5.32 Å². The van der Waals surface area contributed by atoms with E-state index in [1.165, 1.54) is 0 Å². The molecular formula is C14H23N3O5. The number of hydrogen-bond donors (Lipinski definition) is 2. The van der Waals surface area contributed by atoms with Crippen molar-refractivity contribution in [2.45, 2.75) is 52.2 Å². The molecule has 1 amide bonds. The summed E-state index contributed by atoms with van der Waals surface area (Å²) in [4.78, 5) is 37.1. The Labute approximate surface area is 129 Å². The zero-order chi connectivity index (χ0) is 17.1. The van der Waals surface area contributed by atoms with Crippen LogP contribution >= 0.6 is 0 Å². The van der Waals surface area contributed by atoms with Gasteiger partial charge in [0.15, 0.2) is 0 Å². The lowest BCUT2D eigenvalue weighted by Crippen LogP contribution is -2.48. The van der Waals surface area contributed by atoms with Crippen LogP contribution in [0.5, 0.6) is 0 Å². The molecule has 0 aromatic rings. The second-order valence-electron chi connectivity index (χ2n) is 4.91. The van der Waals surface area contributed by atoms with E-state index in [2.05, 4.69) is 10.1 Å². The third-order valence-electron chi connectivity index (χ3n) is 3.26. The van der Waals surface area contributed by atoms with Crippen LogP contribution < -0.4 is 5.32 Å². The fourth-order valence-electron chi connectivity index (χ4n) is 1.82. The first kappa shape index (κ1) is 19.9. The van der Waals surface area contributed by atoms with Gasteiger partial charge in [-0.2, -0.15) is 4.79 Å². The minimum absolute atomic E-state index is 0.0578. The van der Waals surface area contributed by atoms with Gasteiger partial charge >= 0.3 is 12.2 Å². The van der Waals surface area contributed by atoms with E-state index in [1.54, 1.807) is 6.92 Å². The van der Waals surface area contributed by atoms with Gasteiger partial charge in [0.2, 0.25) is 11.7 Å². The number of ether oxygens (including phenoxy) is 1. The van der Waals surface area contributed by atoms with Gasteiger partial charge in [0.1, 0.15) is 12.1 Å². The topological polar surface area (TPSA) is 129 Å². The molecule has 0 aromatic heterocycles. The minimum atomic E-state index is -1.23. The van der Waals surface area contributed by atoms with Gasteiger partial charge in [0.25, 0.3) is 0 Å². The van der Waals surface area contributed by atoms with E-state index >= 15 is 0 Å². The molecule has 0 heterocycles. The molecule has 0 aromatic carbocycles. The van der Waals surface area contributed by atoms with Crippen molar-refractivity contribution < 1.29 is 29.0 Å². The van der Waals surface area contributed by atoms with E-state index < -0.39 is 29.8 Å². The maximum atomic E-state index is 12.2. The predicted molar refractivity (Wildman–Crippen MR) is 78.4 cm³/mol. The molecule has 0 saturated heterocycles. The van der Waals surface area contributed by atoms with Crippen LogP contribution in [0.3, 0.4) is 0 Å². The molecule has 22 heavy (non-hydrogen) atoms. The molecule has 0 unspecified atom stereocenters. The lowest BCUT2D eigenvalue weighted by atomic mass is 10.00. The number of carboxylic acids is 1. The van der Waals surface area contributed by atoms with E-state index in [-0.39, 0.29) is 18.8 Å². The van der Waals surface area contributed by atoms with Crippen molar-refractivity contribution in [3.05, 3.63) is 5.53 Å². The largest absolute Gasteiger partial charge is 0.480 e. The van der Waals surface area contributed by atoms with Gasteiger partial charge in [0.05, 0.1) is 0 Å². The standard InChI is InChI=1S/C14H23N3O5/c1-4-9(3)12(22-5-2)13(19)17-11(14(20)21)7-6-10(18)8-16-15/h8-9,11-12H,4-7H2,1-3H3,(H,17,19)(H,20,21)/t9-,11+,12+/m1/s1. The second-order valence-corrected chi connectivity index (χ2v) is 4.91. The normalized spacial score (nSPS) is 14.3. The first-order chi connectivity index (χ1) is 10.4. The Kier molecular flexibility index (Phi) is 9.65. The number of ketones is 1. The van der Waals surface area contributed by atoms with E-state index in [9.17, 15) is 14.4 Å². The molecule has 8 heteroatoms. The predicted octanol–water partition coefficient (Wildman–Crippen LogP) is 0.657. The highest BCUT2D eigenvalue weighted by Gasteiger charge is 2.29. The van der Waals surface area contributed by atoms with Crippen LogP contribution in [0.2, 0.25) is 0 Å². The zero-order valence-electron chi connectivity index (χ0n) is 13.1. The summed E-state index contributed by atoms with van der Waals surface area (Å²) in [6, 6.07) is -1.20. The molecule has 2 N–H and O–H groups in total. The zero-order valence-corrected chi connectivity index (χ0v) is 13.1. The maximum absolute atomic E-state index is 12.2. The fraction of sp³-hybridized carbons (Fsp3) is 0.714. The van der Waals surface area contributed by atoms with Crippen molar-refractivity contribution in [2.75, 3.05) is 6.61 Å². The smallest absolute Gasteiger partial charge is 0.326 e. The molecule has 0 fully saturated rings. The highest BCUT2D eigenvalue weighted by molar-refractivity contribution is 6.25. The van der Waals surface area contributed by atoms with Crippen LogP contribution in [-0.2, 0) is 19.1 Å². The fourth-order valence-corrected chi connectivity index (χ4v) is 1.82. The minimum Gasteiger partial charge on any atom is -0.480 e. The lowest BCUT2D eigenvalue weighted by Gasteiger charge is -2.24. The summed E-state index contributed by atoms with van der Waals surface area (Å²) in [7, 11) is 0. The molecule has 124 valence electrons. The Balaban J connectivity index is 4.77. The van der Waals surface area contributed by atoms with Gasteiger partial charge in [-0.3, -0.25) is 9.59 Å². The van der Waals surface area contributed by atoms with Crippen LogP contribution in [0.1, 0.15) is 40.0 Å². The molecule has 0 rings (SSSR count). The Hall–Kier alpha value is -2.05. The molecule has 0 bridgehead atoms. The Morgan fingerprint density at radius 3 is 2.45 bits per heavy atom. The summed E-state index contributed by atoms with van der Waals surface area (Å²) in [5.41, 5.74) is 8.22. The summed E-state index contributed by atoms with van der Waals surface area (Å²) < 4.78 is 5.38. The van der Waals surface area contributed by atoms with Crippen LogP contribution in [0.4, 0.5) is 0 Å². The Bertz CT molecular complexity index is 446. The van der Waals surface area contributed by atoms with Crippen molar-refractivity contribution in [3.63, 3.8) is 0 Å². The van der Waals surface area contributed by atoms with Gasteiger partial charge < -0.3 is 20.7 Å². The average Bonchev–Trinajstić information content (AvgIpc) is 2.47. The number of carbonyl (C=O) groups is 3. The number of hydrogen-bond acceptors (Lipinski definition) is 4. The second kappa shape index (κ2) is 10.6. The number of carbonyl (C=O) groups excluding carboxylic acids is 2. The van der Waals surface area contributed by atoms with Crippen molar-refractivity contribution in [1.29, 1.82) is 0 Å². The average molecular weight is 313 g/mol. The van der Waals surface area contributed by atoms with E-state index in [0.717, 1.165) is 0 Å². The molecular weight excluding hydrogens is 290 g/mol. The Morgan fingerprint density at radius 1 is 1.36 bits per heavy atom. The van der Waals surface area contributed by atoms with Crippen LogP contribution in [0.15, 0.2) is 0 Å². The van der Waals surface area contributed by atoms with Crippen LogP contribution in [0, 0.1) is 5.92 Å². The summed E-state index contributed by atoms with van der Waals surface area (Å²) >= 11 is 0. The molecule has 0 saturated carbocycles. The highest BCUT2D eigenvalue weighted by Crippen LogP contribution is 2.12. The van der Waals surface area contributed by atoms with E-state index in [4.69, 9.17) is 15.4 Å². The molecule has 0 aliphatic rings. The highest BCUT2D eigenvalue weighted by atomic mass is 16.5. The molecule has 0 spiro atoms. The van der Waals surface area contributed by atoms with Gasteiger partial charge in [-0.1, -0.05) is 20.3 Å². The SMILES string of the molecule is CCO[C@H](C(=O)N[C@@H](CCC(=O)C=[N+]=[N-])C(=O)O)[C@H](C)CC. The third-order valence-corrected chi connectivity index (χ3v) is 3.26. The van der Waals surface area contributed by atoms with Crippen molar-refractivity contribution >= 4 is 23.9 Å². The molecule has 0 aliphatic carbocycles. The van der Waals surface area contributed by atoms with E-state index in [1.807, 2.05) is 13.8 Å². The Morgan fingerprint density at radius 2 is 2.00 bits per heavy atom. The maximum Gasteiger partial charge on any atom is 0.326 e. The lowest BCUT2D eigenvalue weighted by molar-refractivity contribution is -0.145. The van der Waals surface area contributed by atoms with Crippen molar-refractivity contribution in [2.24, 2.45) is 5.92 Å². The number of rotatable bonds is 11. The number of aliphatic carboxylic acids is 1. The first-order valence-electron chi connectivity index (χ1n) is 7.22. The number of carboxylic acid groups (broad SMARTS) is 1. The summed E-state index contributed by atoms with van der Waals surface area (Å²) in [6.45, 7) is 5.85. The van der Waals surface area contributed by atoms with Crippen molar-refractivity contribution in [3.8, 4) is 0 Å². The summed E-state index contributed by atoms with van der Waals surface area (Å²) in [5, 5.41) is 11.5. The first-order valence-corrected chi connectivity index (χ1v) is 7.22. The molecule has 3 atom stereocenters. The number of amides is 1. The van der Waals surface area contributed by atoms with Crippen LogP contribution in [0.25, 0.3) is 5.53 Å². The quantitative estimate of drug-likeness (QED) is 0.329.